The summed E-state index contributed by atoms with van der Waals surface area (Å²) in [7, 11) is 1.53. The Morgan fingerprint density at radius 1 is 0.897 bits per heavy atom. The number of anilines is 1. The van der Waals surface area contributed by atoms with E-state index in [1.165, 1.54) is 19.2 Å². The molecule has 0 aliphatic heterocycles. The molecule has 3 aromatic carbocycles. The van der Waals surface area contributed by atoms with Gasteiger partial charge >= 0.3 is 5.97 Å². The first-order chi connectivity index (χ1) is 14.0. The van der Waals surface area contributed by atoms with Crippen molar-refractivity contribution in [3.05, 3.63) is 94.0 Å². The maximum absolute atomic E-state index is 13.0. The van der Waals surface area contributed by atoms with Crippen molar-refractivity contribution in [3.63, 3.8) is 0 Å². The molecule has 0 radical (unpaired) electrons. The maximum Gasteiger partial charge on any atom is 0.342 e. The smallest absolute Gasteiger partial charge is 0.342 e. The Morgan fingerprint density at radius 2 is 1.55 bits per heavy atom. The van der Waals surface area contributed by atoms with Crippen LogP contribution in [0, 0.1) is 0 Å². The van der Waals surface area contributed by atoms with Crippen LogP contribution in [-0.4, -0.2) is 19.0 Å². The van der Waals surface area contributed by atoms with Crippen LogP contribution in [0.15, 0.2) is 72.8 Å². The normalized spacial score (nSPS) is 11.4. The molecular weight excluding hydrogens is 413 g/mol. The summed E-state index contributed by atoms with van der Waals surface area (Å²) in [6.45, 7) is 0. The molecule has 148 valence electrons. The van der Waals surface area contributed by atoms with Crippen LogP contribution in [0.3, 0.4) is 0 Å². The first-order valence-electron chi connectivity index (χ1n) is 8.64. The minimum absolute atomic E-state index is 0.00550. The minimum Gasteiger partial charge on any atom is -0.497 e. The number of hydrogen-bond donors (Lipinski definition) is 1. The van der Waals surface area contributed by atoms with Gasteiger partial charge in [0, 0.05) is 17.3 Å². The largest absolute Gasteiger partial charge is 0.497 e. The average molecular weight is 430 g/mol. The van der Waals surface area contributed by atoms with E-state index in [2.05, 4.69) is 5.32 Å². The van der Waals surface area contributed by atoms with Crippen molar-refractivity contribution in [1.82, 2.24) is 0 Å². The summed E-state index contributed by atoms with van der Waals surface area (Å²) in [4.78, 5) is 25.7. The molecular formula is C22H17Cl2NO4. The summed E-state index contributed by atoms with van der Waals surface area (Å²) in [6, 6.07) is 20.2. The van der Waals surface area contributed by atoms with E-state index in [0.29, 0.717) is 17.0 Å². The van der Waals surface area contributed by atoms with Crippen LogP contribution in [-0.2, 0) is 9.53 Å². The van der Waals surface area contributed by atoms with Crippen molar-refractivity contribution in [2.24, 2.45) is 0 Å². The second-order valence-corrected chi connectivity index (χ2v) is 6.83. The number of hydrogen-bond acceptors (Lipinski definition) is 4. The van der Waals surface area contributed by atoms with Crippen LogP contribution in [0.1, 0.15) is 22.0 Å². The number of nitrogens with one attached hydrogen (secondary N) is 1. The molecule has 7 heteroatoms. The van der Waals surface area contributed by atoms with Gasteiger partial charge in [0.1, 0.15) is 5.75 Å². The highest BCUT2D eigenvalue weighted by atomic mass is 35.5. The van der Waals surface area contributed by atoms with E-state index in [0.717, 1.165) is 0 Å². The van der Waals surface area contributed by atoms with Gasteiger partial charge in [0.2, 0.25) is 6.10 Å². The van der Waals surface area contributed by atoms with Gasteiger partial charge in [-0.05, 0) is 24.3 Å². The molecule has 29 heavy (non-hydrogen) atoms. The lowest BCUT2D eigenvalue weighted by Gasteiger charge is -2.19. The molecule has 0 aliphatic carbocycles. The second-order valence-electron chi connectivity index (χ2n) is 6.01. The molecule has 0 aromatic heterocycles. The third-order valence-electron chi connectivity index (χ3n) is 4.07. The molecule has 0 aliphatic rings. The van der Waals surface area contributed by atoms with Crippen molar-refractivity contribution < 1.29 is 19.1 Å². The van der Waals surface area contributed by atoms with Crippen molar-refractivity contribution in [1.29, 1.82) is 0 Å². The third kappa shape index (κ3) is 5.08. The lowest BCUT2D eigenvalue weighted by Crippen LogP contribution is -2.26. The predicted molar refractivity (Wildman–Crippen MR) is 113 cm³/mol. The van der Waals surface area contributed by atoms with Crippen molar-refractivity contribution in [2.45, 2.75) is 6.10 Å². The van der Waals surface area contributed by atoms with E-state index in [-0.39, 0.29) is 15.6 Å². The lowest BCUT2D eigenvalue weighted by molar-refractivity contribution is -0.125. The number of methoxy groups -OCH3 is 1. The molecule has 1 unspecified atom stereocenters. The molecule has 0 bridgehead atoms. The standard InChI is InChI=1S/C22H17Cl2NO4/c1-28-16-10-5-9-15(13-16)25-21(26)20(14-7-3-2-4-8-14)29-22(27)19-17(23)11-6-12-18(19)24/h2-13,20H,1H3,(H,25,26). The zero-order chi connectivity index (χ0) is 20.8. The van der Waals surface area contributed by atoms with Gasteiger partial charge in [-0.2, -0.15) is 0 Å². The number of amides is 1. The highest BCUT2D eigenvalue weighted by molar-refractivity contribution is 6.39. The van der Waals surface area contributed by atoms with Gasteiger partial charge in [-0.25, -0.2) is 4.79 Å². The van der Waals surface area contributed by atoms with E-state index >= 15 is 0 Å². The fourth-order valence-electron chi connectivity index (χ4n) is 2.67. The Bertz CT molecular complexity index is 1000. The van der Waals surface area contributed by atoms with Gasteiger partial charge < -0.3 is 14.8 Å². The number of carbonyl (C=O) groups is 2. The highest BCUT2D eigenvalue weighted by Crippen LogP contribution is 2.28. The van der Waals surface area contributed by atoms with Gasteiger partial charge in [0.25, 0.3) is 5.91 Å². The number of esters is 1. The van der Waals surface area contributed by atoms with E-state index in [9.17, 15) is 9.59 Å². The summed E-state index contributed by atoms with van der Waals surface area (Å²) in [5.74, 6) is -0.741. The molecule has 0 spiro atoms. The predicted octanol–water partition coefficient (Wildman–Crippen LogP) is 5.54. The monoisotopic (exact) mass is 429 g/mol. The number of halogens is 2. The molecule has 1 atom stereocenters. The first kappa shape index (κ1) is 20.7. The third-order valence-corrected chi connectivity index (χ3v) is 4.70. The van der Waals surface area contributed by atoms with Gasteiger partial charge in [0.15, 0.2) is 0 Å². The Labute approximate surface area is 178 Å². The Kier molecular flexibility index (Phi) is 6.75. The zero-order valence-electron chi connectivity index (χ0n) is 15.4. The number of benzene rings is 3. The summed E-state index contributed by atoms with van der Waals surface area (Å²) in [5.41, 5.74) is 1.01. The van der Waals surface area contributed by atoms with Crippen molar-refractivity contribution in [2.75, 3.05) is 12.4 Å². The molecule has 3 aromatic rings. The Morgan fingerprint density at radius 3 is 2.21 bits per heavy atom. The van der Waals surface area contributed by atoms with Crippen molar-refractivity contribution in [3.8, 4) is 5.75 Å². The first-order valence-corrected chi connectivity index (χ1v) is 9.40. The zero-order valence-corrected chi connectivity index (χ0v) is 16.9. The Balaban J connectivity index is 1.89. The van der Waals surface area contributed by atoms with Crippen LogP contribution in [0.25, 0.3) is 0 Å². The molecule has 0 saturated carbocycles. The summed E-state index contributed by atoms with van der Waals surface area (Å²) in [6.07, 6.45) is -1.21. The minimum atomic E-state index is -1.21. The van der Waals surface area contributed by atoms with Crippen LogP contribution < -0.4 is 10.1 Å². The fraction of sp³-hybridized carbons (Fsp3) is 0.0909. The summed E-state index contributed by atoms with van der Waals surface area (Å²) in [5, 5.41) is 3.02. The van der Waals surface area contributed by atoms with Crippen LogP contribution >= 0.6 is 23.2 Å². The SMILES string of the molecule is COc1cccc(NC(=O)C(OC(=O)c2c(Cl)cccc2Cl)c2ccccc2)c1. The number of carbonyl (C=O) groups excluding carboxylic acids is 2. The Hall–Kier alpha value is -3.02. The average Bonchev–Trinajstić information content (AvgIpc) is 2.72. The lowest BCUT2D eigenvalue weighted by atomic mass is 10.1. The molecule has 1 N–H and O–H groups in total. The maximum atomic E-state index is 13.0. The van der Waals surface area contributed by atoms with Gasteiger partial charge in [-0.1, -0.05) is 65.7 Å². The van der Waals surface area contributed by atoms with E-state index in [1.54, 1.807) is 60.7 Å². The van der Waals surface area contributed by atoms with Crippen molar-refractivity contribution >= 4 is 40.8 Å². The molecule has 0 saturated heterocycles. The molecule has 3 rings (SSSR count). The number of rotatable bonds is 6. The van der Waals surface area contributed by atoms with E-state index in [1.807, 2.05) is 0 Å². The molecule has 1 amide bonds. The van der Waals surface area contributed by atoms with Gasteiger partial charge in [-0.3, -0.25) is 4.79 Å². The van der Waals surface area contributed by atoms with E-state index in [4.69, 9.17) is 32.7 Å². The van der Waals surface area contributed by atoms with Crippen LogP contribution in [0.2, 0.25) is 10.0 Å². The second kappa shape index (κ2) is 9.45. The van der Waals surface area contributed by atoms with E-state index < -0.39 is 18.0 Å². The van der Waals surface area contributed by atoms with Crippen LogP contribution in [0.4, 0.5) is 5.69 Å². The quantitative estimate of drug-likeness (QED) is 0.522. The molecule has 0 fully saturated rings. The molecule has 0 heterocycles. The summed E-state index contributed by atoms with van der Waals surface area (Å²) >= 11 is 12.2. The fourth-order valence-corrected chi connectivity index (χ4v) is 3.22. The topological polar surface area (TPSA) is 64.6 Å². The van der Waals surface area contributed by atoms with Gasteiger partial charge in [0.05, 0.1) is 22.7 Å². The molecule has 5 nitrogen and oxygen atoms in total. The summed E-state index contributed by atoms with van der Waals surface area (Å²) < 4.78 is 10.7. The van der Waals surface area contributed by atoms with Crippen LogP contribution in [0.5, 0.6) is 5.75 Å². The van der Waals surface area contributed by atoms with Gasteiger partial charge in [-0.15, -0.1) is 0 Å². The number of ether oxygens (including phenoxy) is 2. The highest BCUT2D eigenvalue weighted by Gasteiger charge is 2.27.